The summed E-state index contributed by atoms with van der Waals surface area (Å²) in [6, 6.07) is 0. The van der Waals surface area contributed by atoms with Crippen LogP contribution in [0.4, 0.5) is 0 Å². The van der Waals surface area contributed by atoms with Gasteiger partial charge in [0.05, 0.1) is 18.9 Å². The minimum Gasteiger partial charge on any atom is -0.477 e. The minimum absolute atomic E-state index is 0.152. The third-order valence-corrected chi connectivity index (χ3v) is 3.18. The van der Waals surface area contributed by atoms with Crippen LogP contribution in [-0.4, -0.2) is 40.5 Å². The van der Waals surface area contributed by atoms with Gasteiger partial charge in [0.15, 0.2) is 0 Å². The fourth-order valence-corrected chi connectivity index (χ4v) is 2.21. The smallest absolute Gasteiger partial charge is 0.354 e. The number of nitrogens with one attached hydrogen (secondary N) is 2. The van der Waals surface area contributed by atoms with E-state index in [2.05, 4.69) is 15.5 Å². The van der Waals surface area contributed by atoms with Crippen LogP contribution in [0.2, 0.25) is 0 Å². The first-order chi connectivity index (χ1) is 8.77. The van der Waals surface area contributed by atoms with Gasteiger partial charge in [-0.25, -0.2) is 4.79 Å². The number of hydrogen-bond donors (Lipinski definition) is 3. The lowest BCUT2D eigenvalue weighted by atomic mass is 10.2. The molecule has 0 aromatic carbocycles. The van der Waals surface area contributed by atoms with Crippen molar-refractivity contribution in [2.45, 2.75) is 38.3 Å². The summed E-state index contributed by atoms with van der Waals surface area (Å²) in [6.07, 6.45) is 6.85. The van der Waals surface area contributed by atoms with Crippen LogP contribution in [0.3, 0.4) is 0 Å². The number of hydrogen-bond acceptors (Lipinski definition) is 4. The van der Waals surface area contributed by atoms with Gasteiger partial charge in [-0.1, -0.05) is 12.8 Å². The zero-order valence-corrected chi connectivity index (χ0v) is 10.3. The molecule has 2 rings (SSSR count). The van der Waals surface area contributed by atoms with Gasteiger partial charge < -0.3 is 15.2 Å². The number of carboxylic acids is 1. The number of aromatic nitrogens is 2. The number of carbonyl (C=O) groups is 1. The third kappa shape index (κ3) is 3.54. The topological polar surface area (TPSA) is 87.2 Å². The molecule has 1 aromatic rings. The van der Waals surface area contributed by atoms with Crippen molar-refractivity contribution in [1.82, 2.24) is 15.5 Å². The van der Waals surface area contributed by atoms with E-state index in [-0.39, 0.29) is 5.69 Å². The van der Waals surface area contributed by atoms with Gasteiger partial charge in [0.25, 0.3) is 0 Å². The van der Waals surface area contributed by atoms with Crippen molar-refractivity contribution in [3.05, 3.63) is 17.5 Å². The first-order valence-electron chi connectivity index (χ1n) is 6.35. The van der Waals surface area contributed by atoms with Crippen LogP contribution in [0.1, 0.15) is 41.7 Å². The van der Waals surface area contributed by atoms with Crippen molar-refractivity contribution in [2.24, 2.45) is 0 Å². The predicted octanol–water partition coefficient (Wildman–Crippen LogP) is 1.16. The van der Waals surface area contributed by atoms with E-state index in [4.69, 9.17) is 9.84 Å². The maximum Gasteiger partial charge on any atom is 0.354 e. The zero-order chi connectivity index (χ0) is 12.8. The SMILES string of the molecule is O=C(O)c1[nH]ncc1CNCCOC1CCCC1. The Kier molecular flexibility index (Phi) is 4.72. The molecule has 1 aromatic heterocycles. The summed E-state index contributed by atoms with van der Waals surface area (Å²) in [5.74, 6) is -0.980. The zero-order valence-electron chi connectivity index (χ0n) is 10.3. The van der Waals surface area contributed by atoms with Crippen molar-refractivity contribution in [3.8, 4) is 0 Å². The number of carboxylic acid groups (broad SMARTS) is 1. The van der Waals surface area contributed by atoms with E-state index in [0.717, 1.165) is 6.54 Å². The summed E-state index contributed by atoms with van der Waals surface area (Å²) in [5.41, 5.74) is 0.822. The largest absolute Gasteiger partial charge is 0.477 e. The van der Waals surface area contributed by atoms with Crippen LogP contribution in [0.15, 0.2) is 6.20 Å². The van der Waals surface area contributed by atoms with Gasteiger partial charge in [-0.3, -0.25) is 5.10 Å². The van der Waals surface area contributed by atoms with E-state index < -0.39 is 5.97 Å². The summed E-state index contributed by atoms with van der Waals surface area (Å²) < 4.78 is 5.70. The maximum absolute atomic E-state index is 10.8. The van der Waals surface area contributed by atoms with Gasteiger partial charge in [0.2, 0.25) is 0 Å². The molecule has 0 aliphatic heterocycles. The number of ether oxygens (including phenoxy) is 1. The molecule has 1 fully saturated rings. The van der Waals surface area contributed by atoms with Crippen molar-refractivity contribution in [2.75, 3.05) is 13.2 Å². The number of aromatic amines is 1. The van der Waals surface area contributed by atoms with Gasteiger partial charge in [-0.15, -0.1) is 0 Å². The van der Waals surface area contributed by atoms with Crippen LogP contribution in [-0.2, 0) is 11.3 Å². The number of rotatable bonds is 7. The molecule has 18 heavy (non-hydrogen) atoms. The number of aromatic carboxylic acids is 1. The average molecular weight is 253 g/mol. The van der Waals surface area contributed by atoms with Crippen LogP contribution >= 0.6 is 0 Å². The molecule has 0 radical (unpaired) electrons. The molecule has 0 atom stereocenters. The Morgan fingerprint density at radius 1 is 1.56 bits per heavy atom. The Hall–Kier alpha value is -1.40. The van der Waals surface area contributed by atoms with Crippen molar-refractivity contribution in [3.63, 3.8) is 0 Å². The van der Waals surface area contributed by atoms with Crippen LogP contribution in [0, 0.1) is 0 Å². The maximum atomic E-state index is 10.8. The first kappa shape index (κ1) is 13.0. The van der Waals surface area contributed by atoms with E-state index in [0.29, 0.717) is 24.8 Å². The number of H-pyrrole nitrogens is 1. The fourth-order valence-electron chi connectivity index (χ4n) is 2.21. The molecule has 0 saturated heterocycles. The number of nitrogens with zero attached hydrogens (tertiary/aromatic N) is 1. The Labute approximate surface area is 106 Å². The molecular formula is C12H19N3O3. The van der Waals surface area contributed by atoms with E-state index in [1.807, 2.05) is 0 Å². The molecule has 3 N–H and O–H groups in total. The monoisotopic (exact) mass is 253 g/mol. The molecular weight excluding hydrogens is 234 g/mol. The Morgan fingerprint density at radius 2 is 2.33 bits per heavy atom. The van der Waals surface area contributed by atoms with Crippen LogP contribution in [0.25, 0.3) is 0 Å². The van der Waals surface area contributed by atoms with Crippen molar-refractivity contribution in [1.29, 1.82) is 0 Å². The highest BCUT2D eigenvalue weighted by atomic mass is 16.5. The van der Waals surface area contributed by atoms with Gasteiger partial charge in [-0.05, 0) is 12.8 Å². The normalized spacial score (nSPS) is 16.2. The second-order valence-electron chi connectivity index (χ2n) is 4.53. The van der Waals surface area contributed by atoms with Gasteiger partial charge in [0, 0.05) is 18.7 Å². The Morgan fingerprint density at radius 3 is 3.06 bits per heavy atom. The quantitative estimate of drug-likeness (QED) is 0.635. The Balaban J connectivity index is 1.62. The molecule has 1 aliphatic rings. The molecule has 1 saturated carbocycles. The molecule has 1 aliphatic carbocycles. The lowest BCUT2D eigenvalue weighted by Crippen LogP contribution is -2.22. The molecule has 6 nitrogen and oxygen atoms in total. The summed E-state index contributed by atoms with van der Waals surface area (Å²) in [6.45, 7) is 1.89. The Bertz CT molecular complexity index is 386. The van der Waals surface area contributed by atoms with E-state index in [9.17, 15) is 4.79 Å². The first-order valence-corrected chi connectivity index (χ1v) is 6.35. The highest BCUT2D eigenvalue weighted by Crippen LogP contribution is 2.20. The van der Waals surface area contributed by atoms with E-state index >= 15 is 0 Å². The minimum atomic E-state index is -0.980. The standard InChI is InChI=1S/C12H19N3O3/c16-12(17)11-9(8-14-15-11)7-13-5-6-18-10-3-1-2-4-10/h8,10,13H,1-7H2,(H,14,15)(H,16,17). The summed E-state index contributed by atoms with van der Waals surface area (Å²) in [7, 11) is 0. The van der Waals surface area contributed by atoms with Crippen LogP contribution in [0.5, 0.6) is 0 Å². The van der Waals surface area contributed by atoms with Crippen molar-refractivity contribution < 1.29 is 14.6 Å². The van der Waals surface area contributed by atoms with Gasteiger partial charge >= 0.3 is 5.97 Å². The highest BCUT2D eigenvalue weighted by Gasteiger charge is 2.15. The van der Waals surface area contributed by atoms with Gasteiger partial charge in [0.1, 0.15) is 5.69 Å². The second kappa shape index (κ2) is 6.51. The van der Waals surface area contributed by atoms with Crippen molar-refractivity contribution >= 4 is 5.97 Å². The molecule has 0 amide bonds. The molecule has 0 spiro atoms. The summed E-state index contributed by atoms with van der Waals surface area (Å²) >= 11 is 0. The van der Waals surface area contributed by atoms with E-state index in [1.165, 1.54) is 31.9 Å². The molecule has 6 heteroatoms. The molecule has 0 unspecified atom stereocenters. The molecule has 1 heterocycles. The molecule has 100 valence electrons. The van der Waals surface area contributed by atoms with Crippen LogP contribution < -0.4 is 5.32 Å². The van der Waals surface area contributed by atoms with E-state index in [1.54, 1.807) is 0 Å². The lowest BCUT2D eigenvalue weighted by Gasteiger charge is -2.11. The second-order valence-corrected chi connectivity index (χ2v) is 4.53. The fraction of sp³-hybridized carbons (Fsp3) is 0.667. The molecule has 0 bridgehead atoms. The average Bonchev–Trinajstić information content (AvgIpc) is 2.98. The lowest BCUT2D eigenvalue weighted by molar-refractivity contribution is 0.0602. The predicted molar refractivity (Wildman–Crippen MR) is 65.5 cm³/mol. The van der Waals surface area contributed by atoms with Gasteiger partial charge in [-0.2, -0.15) is 5.10 Å². The highest BCUT2D eigenvalue weighted by molar-refractivity contribution is 5.86. The summed E-state index contributed by atoms with van der Waals surface area (Å²) in [5, 5.41) is 18.2. The summed E-state index contributed by atoms with van der Waals surface area (Å²) in [4.78, 5) is 10.8. The third-order valence-electron chi connectivity index (χ3n) is 3.18.